The average Bonchev–Trinajstić information content (AvgIpc) is 2.64. The fraction of sp³-hybridized carbons (Fsp3) is 0.684. The lowest BCUT2D eigenvalue weighted by Crippen LogP contribution is -2.48. The lowest BCUT2D eigenvalue weighted by Gasteiger charge is -2.34. The molecule has 25 heavy (non-hydrogen) atoms. The van der Waals surface area contributed by atoms with Gasteiger partial charge in [0.25, 0.3) is 0 Å². The highest BCUT2D eigenvalue weighted by molar-refractivity contribution is 5.76. The van der Waals surface area contributed by atoms with Crippen LogP contribution in [0.4, 0.5) is 0 Å². The Labute approximate surface area is 148 Å². The molecule has 1 amide bonds. The van der Waals surface area contributed by atoms with E-state index in [0.717, 1.165) is 44.8 Å². The summed E-state index contributed by atoms with van der Waals surface area (Å²) in [5.41, 5.74) is -0.419. The summed E-state index contributed by atoms with van der Waals surface area (Å²) >= 11 is 0. The van der Waals surface area contributed by atoms with Crippen molar-refractivity contribution in [2.24, 2.45) is 5.92 Å². The largest absolute Gasteiger partial charge is 0.502 e. The van der Waals surface area contributed by atoms with E-state index in [1.807, 2.05) is 4.90 Å². The molecule has 1 saturated carbocycles. The van der Waals surface area contributed by atoms with E-state index in [9.17, 15) is 14.7 Å². The summed E-state index contributed by atoms with van der Waals surface area (Å²) in [7, 11) is 0. The van der Waals surface area contributed by atoms with Crippen molar-refractivity contribution in [1.29, 1.82) is 0 Å². The number of aromatic hydroxyl groups is 1. The van der Waals surface area contributed by atoms with Crippen molar-refractivity contribution in [3.8, 4) is 5.75 Å². The molecule has 0 spiro atoms. The minimum Gasteiger partial charge on any atom is -0.502 e. The maximum atomic E-state index is 12.4. The Hall–Kier alpha value is -1.82. The summed E-state index contributed by atoms with van der Waals surface area (Å²) < 4.78 is 5.25. The molecule has 0 bridgehead atoms. The summed E-state index contributed by atoms with van der Waals surface area (Å²) in [6, 6.07) is 1.33. The number of hydrogen-bond acceptors (Lipinski definition) is 5. The van der Waals surface area contributed by atoms with Crippen molar-refractivity contribution < 1.29 is 14.3 Å². The van der Waals surface area contributed by atoms with Gasteiger partial charge in [-0.05, 0) is 12.3 Å². The Kier molecular flexibility index (Phi) is 6.13. The van der Waals surface area contributed by atoms with E-state index in [2.05, 4.69) is 4.90 Å². The molecule has 1 aromatic rings. The Morgan fingerprint density at radius 1 is 1.16 bits per heavy atom. The zero-order chi connectivity index (χ0) is 17.6. The van der Waals surface area contributed by atoms with Crippen LogP contribution in [0.1, 0.15) is 50.7 Å². The number of amides is 1. The van der Waals surface area contributed by atoms with Gasteiger partial charge in [-0.1, -0.05) is 32.1 Å². The lowest BCUT2D eigenvalue weighted by atomic mass is 9.86. The molecule has 138 valence electrons. The van der Waals surface area contributed by atoms with Crippen LogP contribution in [0.3, 0.4) is 0 Å². The summed E-state index contributed by atoms with van der Waals surface area (Å²) in [6.45, 7) is 3.54. The first-order valence-corrected chi connectivity index (χ1v) is 9.42. The van der Waals surface area contributed by atoms with E-state index >= 15 is 0 Å². The third kappa shape index (κ3) is 5.08. The molecule has 2 fully saturated rings. The fourth-order valence-electron chi connectivity index (χ4n) is 3.86. The van der Waals surface area contributed by atoms with Gasteiger partial charge in [-0.3, -0.25) is 14.5 Å². The SMILES string of the molecule is O=C(CCC1CCCCC1)N1CCN(Cc2cc(=O)c(O)co2)CC1. The van der Waals surface area contributed by atoms with Gasteiger partial charge in [0.2, 0.25) is 11.3 Å². The molecule has 1 N–H and O–H groups in total. The van der Waals surface area contributed by atoms with E-state index in [4.69, 9.17) is 4.42 Å². The van der Waals surface area contributed by atoms with Gasteiger partial charge in [-0.25, -0.2) is 0 Å². The number of carbonyl (C=O) groups excluding carboxylic acids is 1. The van der Waals surface area contributed by atoms with Crippen molar-refractivity contribution in [3.63, 3.8) is 0 Å². The van der Waals surface area contributed by atoms with Crippen molar-refractivity contribution in [3.05, 3.63) is 28.3 Å². The second-order valence-corrected chi connectivity index (χ2v) is 7.30. The summed E-state index contributed by atoms with van der Waals surface area (Å²) in [5.74, 6) is 1.20. The minimum atomic E-state index is -0.419. The molecule has 1 aliphatic heterocycles. The van der Waals surface area contributed by atoms with Gasteiger partial charge in [0, 0.05) is 38.7 Å². The van der Waals surface area contributed by atoms with E-state index in [0.29, 0.717) is 18.7 Å². The lowest BCUT2D eigenvalue weighted by molar-refractivity contribution is -0.133. The van der Waals surface area contributed by atoms with Gasteiger partial charge in [-0.2, -0.15) is 0 Å². The number of rotatable bonds is 5. The molecule has 0 atom stereocenters. The van der Waals surface area contributed by atoms with Crippen LogP contribution in [-0.4, -0.2) is 47.0 Å². The van der Waals surface area contributed by atoms with Crippen molar-refractivity contribution in [1.82, 2.24) is 9.80 Å². The van der Waals surface area contributed by atoms with Crippen LogP contribution < -0.4 is 5.43 Å². The summed E-state index contributed by atoms with van der Waals surface area (Å²) in [4.78, 5) is 28.0. The highest BCUT2D eigenvalue weighted by Crippen LogP contribution is 2.27. The molecule has 0 aromatic carbocycles. The monoisotopic (exact) mass is 348 g/mol. The van der Waals surface area contributed by atoms with Crippen LogP contribution in [0.15, 0.2) is 21.5 Å². The molecular weight excluding hydrogens is 320 g/mol. The Bertz CT molecular complexity index is 629. The van der Waals surface area contributed by atoms with Gasteiger partial charge >= 0.3 is 0 Å². The predicted octanol–water partition coefficient (Wildman–Crippen LogP) is 2.35. The number of piperazine rings is 1. The zero-order valence-corrected chi connectivity index (χ0v) is 14.8. The van der Waals surface area contributed by atoms with Crippen molar-refractivity contribution in [2.75, 3.05) is 26.2 Å². The van der Waals surface area contributed by atoms with Gasteiger partial charge in [0.05, 0.1) is 6.54 Å². The van der Waals surface area contributed by atoms with Crippen LogP contribution in [0.5, 0.6) is 5.75 Å². The normalized spacial score (nSPS) is 19.9. The molecule has 1 saturated heterocycles. The number of nitrogens with zero attached hydrogens (tertiary/aromatic N) is 2. The molecule has 1 aliphatic carbocycles. The predicted molar refractivity (Wildman–Crippen MR) is 94.3 cm³/mol. The molecule has 6 heteroatoms. The topological polar surface area (TPSA) is 74.0 Å². The second-order valence-electron chi connectivity index (χ2n) is 7.30. The highest BCUT2D eigenvalue weighted by Gasteiger charge is 2.23. The molecule has 3 rings (SSSR count). The van der Waals surface area contributed by atoms with E-state index in [1.54, 1.807) is 0 Å². The maximum Gasteiger partial charge on any atom is 0.226 e. The molecule has 2 heterocycles. The highest BCUT2D eigenvalue weighted by atomic mass is 16.4. The van der Waals surface area contributed by atoms with E-state index in [1.165, 1.54) is 38.2 Å². The number of carbonyl (C=O) groups is 1. The van der Waals surface area contributed by atoms with Crippen LogP contribution in [0, 0.1) is 5.92 Å². The third-order valence-electron chi connectivity index (χ3n) is 5.46. The third-order valence-corrected chi connectivity index (χ3v) is 5.46. The smallest absolute Gasteiger partial charge is 0.226 e. The van der Waals surface area contributed by atoms with Gasteiger partial charge in [-0.15, -0.1) is 0 Å². The first-order valence-electron chi connectivity index (χ1n) is 9.42. The van der Waals surface area contributed by atoms with Crippen LogP contribution >= 0.6 is 0 Å². The Balaban J connectivity index is 1.40. The quantitative estimate of drug-likeness (QED) is 0.884. The second kappa shape index (κ2) is 8.52. The van der Waals surface area contributed by atoms with Gasteiger partial charge < -0.3 is 14.4 Å². The molecule has 6 nitrogen and oxygen atoms in total. The van der Waals surface area contributed by atoms with Crippen LogP contribution in [0.2, 0.25) is 0 Å². The maximum absolute atomic E-state index is 12.4. The standard InChI is InChI=1S/C19H28N2O4/c22-17-12-16(25-14-18(17)23)13-20-8-10-21(11-9-20)19(24)7-6-15-4-2-1-3-5-15/h12,14-15,23H,1-11,13H2. The minimum absolute atomic E-state index is 0.279. The van der Waals surface area contributed by atoms with Gasteiger partial charge in [0.15, 0.2) is 5.75 Å². The van der Waals surface area contributed by atoms with Crippen LogP contribution in [-0.2, 0) is 11.3 Å². The number of hydrogen-bond donors (Lipinski definition) is 1. The Morgan fingerprint density at radius 2 is 1.88 bits per heavy atom. The molecule has 2 aliphatic rings. The average molecular weight is 348 g/mol. The van der Waals surface area contributed by atoms with Gasteiger partial charge in [0.1, 0.15) is 12.0 Å². The van der Waals surface area contributed by atoms with E-state index < -0.39 is 5.43 Å². The fourth-order valence-corrected chi connectivity index (χ4v) is 3.86. The Morgan fingerprint density at radius 3 is 2.56 bits per heavy atom. The molecule has 1 aromatic heterocycles. The molecular formula is C19H28N2O4. The molecule has 0 radical (unpaired) electrons. The zero-order valence-electron chi connectivity index (χ0n) is 14.8. The van der Waals surface area contributed by atoms with Crippen molar-refractivity contribution >= 4 is 5.91 Å². The van der Waals surface area contributed by atoms with E-state index in [-0.39, 0.29) is 11.7 Å². The van der Waals surface area contributed by atoms with Crippen LogP contribution in [0.25, 0.3) is 0 Å². The molecule has 0 unspecified atom stereocenters. The summed E-state index contributed by atoms with van der Waals surface area (Å²) in [5, 5.41) is 9.23. The first-order chi connectivity index (χ1) is 12.1. The summed E-state index contributed by atoms with van der Waals surface area (Å²) in [6.07, 6.45) is 9.39. The van der Waals surface area contributed by atoms with Crippen molar-refractivity contribution in [2.45, 2.75) is 51.5 Å². The first kappa shape index (κ1) is 18.0.